The molecule has 1 fully saturated rings. The van der Waals surface area contributed by atoms with Crippen molar-refractivity contribution in [1.29, 1.82) is 0 Å². The average Bonchev–Trinajstić information content (AvgIpc) is 2.32. The first-order chi connectivity index (χ1) is 8.05. The number of aliphatic hydroxyl groups is 1. The summed E-state index contributed by atoms with van der Waals surface area (Å²) in [7, 11) is 1.69. The molecule has 17 heavy (non-hydrogen) atoms. The first-order valence-corrected chi connectivity index (χ1v) is 6.03. The fourth-order valence-corrected chi connectivity index (χ4v) is 2.60. The van der Waals surface area contributed by atoms with Gasteiger partial charge in [0.15, 0.2) is 0 Å². The Morgan fingerprint density at radius 2 is 2.35 bits per heavy atom. The van der Waals surface area contributed by atoms with E-state index in [1.54, 1.807) is 13.3 Å². The van der Waals surface area contributed by atoms with Crippen LogP contribution >= 0.6 is 0 Å². The van der Waals surface area contributed by atoms with Crippen molar-refractivity contribution < 1.29 is 9.84 Å². The predicted molar refractivity (Wildman–Crippen MR) is 66.5 cm³/mol. The highest BCUT2D eigenvalue weighted by atomic mass is 16.5. The predicted octanol–water partition coefficient (Wildman–Crippen LogP) is 1.75. The number of methoxy groups -OCH3 is 1. The van der Waals surface area contributed by atoms with E-state index in [4.69, 9.17) is 10.5 Å². The van der Waals surface area contributed by atoms with Crippen molar-refractivity contribution >= 4 is 5.82 Å². The van der Waals surface area contributed by atoms with Gasteiger partial charge in [0.25, 0.3) is 0 Å². The molecule has 4 nitrogen and oxygen atoms in total. The molecule has 3 N–H and O–H groups in total. The van der Waals surface area contributed by atoms with E-state index in [2.05, 4.69) is 4.98 Å². The average molecular weight is 236 g/mol. The number of hydrogen-bond donors (Lipinski definition) is 2. The van der Waals surface area contributed by atoms with E-state index in [0.717, 1.165) is 30.4 Å². The van der Waals surface area contributed by atoms with Gasteiger partial charge in [0.05, 0.1) is 11.7 Å². The Bertz CT molecular complexity index is 408. The summed E-state index contributed by atoms with van der Waals surface area (Å²) in [5, 5.41) is 10.7. The van der Waals surface area contributed by atoms with Crippen molar-refractivity contribution in [2.24, 2.45) is 0 Å². The summed E-state index contributed by atoms with van der Waals surface area (Å²) >= 11 is 0. The van der Waals surface area contributed by atoms with Crippen molar-refractivity contribution in [3.05, 3.63) is 23.4 Å². The molecule has 0 amide bonds. The number of aromatic nitrogens is 1. The van der Waals surface area contributed by atoms with E-state index in [-0.39, 0.29) is 6.10 Å². The molecule has 1 aliphatic rings. The van der Waals surface area contributed by atoms with Gasteiger partial charge in [-0.05, 0) is 37.8 Å². The van der Waals surface area contributed by atoms with Crippen LogP contribution in [0.15, 0.2) is 12.3 Å². The van der Waals surface area contributed by atoms with Crippen LogP contribution in [0.3, 0.4) is 0 Å². The number of ether oxygens (including phenoxy) is 1. The smallest absolute Gasteiger partial charge is 0.129 e. The van der Waals surface area contributed by atoms with Crippen LogP contribution in [-0.2, 0) is 10.3 Å². The zero-order valence-electron chi connectivity index (χ0n) is 10.4. The van der Waals surface area contributed by atoms with Crippen molar-refractivity contribution in [1.82, 2.24) is 4.98 Å². The minimum atomic E-state index is -0.887. The molecule has 0 saturated heterocycles. The van der Waals surface area contributed by atoms with Crippen LogP contribution in [-0.4, -0.2) is 23.3 Å². The van der Waals surface area contributed by atoms with Gasteiger partial charge in [0, 0.05) is 25.3 Å². The third-order valence-corrected chi connectivity index (χ3v) is 3.57. The number of nitrogen functional groups attached to an aromatic ring is 1. The Morgan fingerprint density at radius 1 is 1.59 bits per heavy atom. The monoisotopic (exact) mass is 236 g/mol. The van der Waals surface area contributed by atoms with E-state index >= 15 is 0 Å². The molecule has 2 unspecified atom stereocenters. The van der Waals surface area contributed by atoms with Crippen LogP contribution < -0.4 is 5.73 Å². The zero-order valence-corrected chi connectivity index (χ0v) is 10.4. The molecule has 0 aromatic carbocycles. The molecule has 94 valence electrons. The van der Waals surface area contributed by atoms with E-state index in [9.17, 15) is 5.11 Å². The van der Waals surface area contributed by atoms with Gasteiger partial charge in [-0.1, -0.05) is 0 Å². The molecule has 0 spiro atoms. The number of hydrogen-bond acceptors (Lipinski definition) is 4. The van der Waals surface area contributed by atoms with Crippen molar-refractivity contribution in [2.75, 3.05) is 12.8 Å². The Labute approximate surface area is 102 Å². The molecule has 2 rings (SSSR count). The number of nitrogens with zero attached hydrogens (tertiary/aromatic N) is 1. The lowest BCUT2D eigenvalue weighted by molar-refractivity contribution is -0.0628. The van der Waals surface area contributed by atoms with E-state index in [1.807, 2.05) is 13.0 Å². The molecule has 1 aliphatic carbocycles. The van der Waals surface area contributed by atoms with E-state index in [0.29, 0.717) is 12.2 Å². The van der Waals surface area contributed by atoms with Crippen LogP contribution in [0.4, 0.5) is 5.82 Å². The summed E-state index contributed by atoms with van der Waals surface area (Å²) in [6.45, 7) is 1.95. The lowest BCUT2D eigenvalue weighted by Gasteiger charge is -2.37. The van der Waals surface area contributed by atoms with Gasteiger partial charge in [-0.3, -0.25) is 0 Å². The highest BCUT2D eigenvalue weighted by molar-refractivity contribution is 5.45. The summed E-state index contributed by atoms with van der Waals surface area (Å²) in [6, 6.07) is 1.93. The van der Waals surface area contributed by atoms with Crippen molar-refractivity contribution in [3.63, 3.8) is 0 Å². The standard InChI is InChI=1S/C13H20N2O2/c1-9-6-11(12(14)15-8-9)13(16)5-3-4-10(7-13)17-2/h6,8,10,16H,3-5,7H2,1-2H3,(H2,14,15). The second-order valence-electron chi connectivity index (χ2n) is 4.93. The number of aryl methyl sites for hydroxylation is 1. The van der Waals surface area contributed by atoms with E-state index in [1.165, 1.54) is 0 Å². The Morgan fingerprint density at radius 3 is 3.06 bits per heavy atom. The van der Waals surface area contributed by atoms with E-state index < -0.39 is 5.60 Å². The molecule has 4 heteroatoms. The third kappa shape index (κ3) is 2.42. The molecular formula is C13H20N2O2. The molecule has 0 radical (unpaired) electrons. The first kappa shape index (κ1) is 12.3. The van der Waals surface area contributed by atoms with Crippen LogP contribution in [0, 0.1) is 6.92 Å². The molecule has 0 aliphatic heterocycles. The van der Waals surface area contributed by atoms with Gasteiger partial charge in [0.1, 0.15) is 5.82 Å². The van der Waals surface area contributed by atoms with Crippen LogP contribution in [0.2, 0.25) is 0 Å². The maximum atomic E-state index is 10.7. The second kappa shape index (κ2) is 4.63. The van der Waals surface area contributed by atoms with Gasteiger partial charge in [-0.25, -0.2) is 4.98 Å². The Hall–Kier alpha value is -1.13. The highest BCUT2D eigenvalue weighted by Gasteiger charge is 2.37. The molecular weight excluding hydrogens is 216 g/mol. The number of rotatable bonds is 2. The fourth-order valence-electron chi connectivity index (χ4n) is 2.60. The summed E-state index contributed by atoms with van der Waals surface area (Å²) in [5.41, 5.74) is 6.76. The molecule has 2 atom stereocenters. The summed E-state index contributed by atoms with van der Waals surface area (Å²) in [5.74, 6) is 0.426. The maximum absolute atomic E-state index is 10.7. The molecule has 1 heterocycles. The third-order valence-electron chi connectivity index (χ3n) is 3.57. The number of nitrogens with two attached hydrogens (primary N) is 1. The normalized spacial score (nSPS) is 29.2. The fraction of sp³-hybridized carbons (Fsp3) is 0.615. The van der Waals surface area contributed by atoms with Gasteiger partial charge < -0.3 is 15.6 Å². The van der Waals surface area contributed by atoms with Crippen LogP contribution in [0.5, 0.6) is 0 Å². The van der Waals surface area contributed by atoms with Crippen LogP contribution in [0.1, 0.15) is 36.8 Å². The van der Waals surface area contributed by atoms with Gasteiger partial charge >= 0.3 is 0 Å². The SMILES string of the molecule is COC1CCCC(O)(c2cc(C)cnc2N)C1. The molecule has 1 aromatic rings. The molecule has 1 aromatic heterocycles. The molecule has 0 bridgehead atoms. The topological polar surface area (TPSA) is 68.4 Å². The lowest BCUT2D eigenvalue weighted by Crippen LogP contribution is -2.36. The second-order valence-corrected chi connectivity index (χ2v) is 4.93. The minimum Gasteiger partial charge on any atom is -0.385 e. The van der Waals surface area contributed by atoms with Crippen molar-refractivity contribution in [3.8, 4) is 0 Å². The summed E-state index contributed by atoms with van der Waals surface area (Å²) in [4.78, 5) is 4.13. The number of anilines is 1. The summed E-state index contributed by atoms with van der Waals surface area (Å²) in [6.07, 6.45) is 5.09. The largest absolute Gasteiger partial charge is 0.385 e. The minimum absolute atomic E-state index is 0.105. The van der Waals surface area contributed by atoms with Gasteiger partial charge in [-0.2, -0.15) is 0 Å². The first-order valence-electron chi connectivity index (χ1n) is 6.03. The maximum Gasteiger partial charge on any atom is 0.129 e. The zero-order chi connectivity index (χ0) is 12.5. The Kier molecular flexibility index (Phi) is 3.35. The number of pyridine rings is 1. The quantitative estimate of drug-likeness (QED) is 0.820. The van der Waals surface area contributed by atoms with Gasteiger partial charge in [0.2, 0.25) is 0 Å². The lowest BCUT2D eigenvalue weighted by atomic mass is 9.78. The molecule has 1 saturated carbocycles. The van der Waals surface area contributed by atoms with Crippen LogP contribution in [0.25, 0.3) is 0 Å². The van der Waals surface area contributed by atoms with Gasteiger partial charge in [-0.15, -0.1) is 0 Å². The Balaban J connectivity index is 2.33. The van der Waals surface area contributed by atoms with Crippen molar-refractivity contribution in [2.45, 2.75) is 44.3 Å². The summed E-state index contributed by atoms with van der Waals surface area (Å²) < 4.78 is 5.36. The highest BCUT2D eigenvalue weighted by Crippen LogP contribution is 2.40.